The van der Waals surface area contributed by atoms with Crippen molar-refractivity contribution in [3.63, 3.8) is 0 Å². The summed E-state index contributed by atoms with van der Waals surface area (Å²) < 4.78 is 3.30. The lowest BCUT2D eigenvalue weighted by molar-refractivity contribution is 0.431. The minimum atomic E-state index is 0.637. The molecule has 0 radical (unpaired) electrons. The number of imidazole rings is 1. The van der Waals surface area contributed by atoms with E-state index in [1.807, 2.05) is 6.33 Å². The first kappa shape index (κ1) is 7.35. The van der Waals surface area contributed by atoms with Crippen LogP contribution in [0, 0.1) is 0 Å². The van der Waals surface area contributed by atoms with Crippen LogP contribution in [0.15, 0.2) is 10.9 Å². The van der Waals surface area contributed by atoms with Gasteiger partial charge in [-0.2, -0.15) is 0 Å². The van der Waals surface area contributed by atoms with Crippen molar-refractivity contribution in [3.05, 3.63) is 16.6 Å². The molecule has 60 valence electrons. The van der Waals surface area contributed by atoms with Gasteiger partial charge in [0.1, 0.15) is 4.60 Å². The summed E-state index contributed by atoms with van der Waals surface area (Å²) in [7, 11) is 0. The monoisotopic (exact) mass is 214 g/mol. The highest BCUT2D eigenvalue weighted by atomic mass is 79.9. The fourth-order valence-electron chi connectivity index (χ4n) is 1.68. The Kier molecular flexibility index (Phi) is 1.75. The molecule has 0 saturated carbocycles. The molecule has 1 unspecified atom stereocenters. The first-order chi connectivity index (χ1) is 5.29. The second-order valence-corrected chi connectivity index (χ2v) is 3.88. The molecule has 0 aliphatic carbocycles. The van der Waals surface area contributed by atoms with Crippen LogP contribution >= 0.6 is 15.9 Å². The molecule has 1 aliphatic heterocycles. The van der Waals surface area contributed by atoms with Gasteiger partial charge in [-0.1, -0.05) is 0 Å². The van der Waals surface area contributed by atoms with Crippen LogP contribution in [0.4, 0.5) is 0 Å². The van der Waals surface area contributed by atoms with Crippen LogP contribution in [0.2, 0.25) is 0 Å². The summed E-state index contributed by atoms with van der Waals surface area (Å²) in [4.78, 5) is 4.23. The number of fused-ring (bicyclic) bond motifs is 1. The van der Waals surface area contributed by atoms with Gasteiger partial charge >= 0.3 is 0 Å². The van der Waals surface area contributed by atoms with E-state index in [0.29, 0.717) is 6.04 Å². The standard InChI is InChI=1S/C8H11BrN2/c1-6-3-2-4-7-8(9)10-5-11(6)7/h5-6H,2-4H2,1H3. The van der Waals surface area contributed by atoms with Crippen molar-refractivity contribution in [1.29, 1.82) is 0 Å². The van der Waals surface area contributed by atoms with Crippen molar-refractivity contribution in [3.8, 4) is 0 Å². The molecule has 1 atom stereocenters. The highest BCUT2D eigenvalue weighted by Gasteiger charge is 2.17. The molecular weight excluding hydrogens is 204 g/mol. The summed E-state index contributed by atoms with van der Waals surface area (Å²) in [6, 6.07) is 0.637. The van der Waals surface area contributed by atoms with Crippen LogP contribution in [-0.2, 0) is 6.42 Å². The third-order valence-electron chi connectivity index (χ3n) is 2.36. The minimum absolute atomic E-state index is 0.637. The van der Waals surface area contributed by atoms with Crippen molar-refractivity contribution >= 4 is 15.9 Å². The summed E-state index contributed by atoms with van der Waals surface area (Å²) in [5.74, 6) is 0. The predicted octanol–water partition coefficient (Wildman–Crippen LogP) is 2.54. The highest BCUT2D eigenvalue weighted by Crippen LogP contribution is 2.28. The molecule has 2 rings (SSSR count). The molecule has 11 heavy (non-hydrogen) atoms. The van der Waals surface area contributed by atoms with Crippen LogP contribution in [0.1, 0.15) is 31.5 Å². The summed E-state index contributed by atoms with van der Waals surface area (Å²) in [6.07, 6.45) is 5.69. The maximum Gasteiger partial charge on any atom is 0.127 e. The number of hydrogen-bond donors (Lipinski definition) is 0. The normalized spacial score (nSPS) is 23.3. The average molecular weight is 215 g/mol. The zero-order valence-corrected chi connectivity index (χ0v) is 8.13. The maximum atomic E-state index is 4.23. The Morgan fingerprint density at radius 2 is 2.55 bits per heavy atom. The van der Waals surface area contributed by atoms with Gasteiger partial charge in [-0.15, -0.1) is 0 Å². The van der Waals surface area contributed by atoms with Crippen molar-refractivity contribution in [2.24, 2.45) is 0 Å². The van der Waals surface area contributed by atoms with E-state index in [0.717, 1.165) is 4.60 Å². The summed E-state index contributed by atoms with van der Waals surface area (Å²) >= 11 is 3.45. The van der Waals surface area contributed by atoms with E-state index < -0.39 is 0 Å². The quantitative estimate of drug-likeness (QED) is 0.650. The van der Waals surface area contributed by atoms with Gasteiger partial charge in [0.15, 0.2) is 0 Å². The molecule has 0 N–H and O–H groups in total. The van der Waals surface area contributed by atoms with Crippen molar-refractivity contribution in [1.82, 2.24) is 9.55 Å². The van der Waals surface area contributed by atoms with Gasteiger partial charge in [-0.25, -0.2) is 4.98 Å². The Labute approximate surface area is 74.8 Å². The van der Waals surface area contributed by atoms with Gasteiger partial charge in [0.25, 0.3) is 0 Å². The largest absolute Gasteiger partial charge is 0.331 e. The number of nitrogens with zero attached hydrogens (tertiary/aromatic N) is 2. The smallest absolute Gasteiger partial charge is 0.127 e. The lowest BCUT2D eigenvalue weighted by Crippen LogP contribution is -2.13. The summed E-state index contributed by atoms with van der Waals surface area (Å²) in [5.41, 5.74) is 1.36. The zero-order valence-electron chi connectivity index (χ0n) is 6.55. The van der Waals surface area contributed by atoms with Crippen LogP contribution in [0.3, 0.4) is 0 Å². The van der Waals surface area contributed by atoms with Gasteiger partial charge in [-0.05, 0) is 42.1 Å². The van der Waals surface area contributed by atoms with E-state index in [1.165, 1.54) is 25.0 Å². The van der Waals surface area contributed by atoms with Crippen molar-refractivity contribution in [2.45, 2.75) is 32.2 Å². The van der Waals surface area contributed by atoms with Gasteiger partial charge in [0.2, 0.25) is 0 Å². The van der Waals surface area contributed by atoms with Gasteiger partial charge in [-0.3, -0.25) is 0 Å². The minimum Gasteiger partial charge on any atom is -0.331 e. The fourth-order valence-corrected chi connectivity index (χ4v) is 2.17. The summed E-state index contributed by atoms with van der Waals surface area (Å²) in [6.45, 7) is 2.25. The molecule has 1 aromatic rings. The first-order valence-corrected chi connectivity index (χ1v) is 4.79. The molecule has 0 amide bonds. The lowest BCUT2D eigenvalue weighted by atomic mass is 10.1. The van der Waals surface area contributed by atoms with Crippen LogP contribution in [0.5, 0.6) is 0 Å². The molecule has 0 fully saturated rings. The molecule has 3 heteroatoms. The Hall–Kier alpha value is -0.310. The van der Waals surface area contributed by atoms with Gasteiger partial charge in [0.05, 0.1) is 12.0 Å². The molecule has 1 aromatic heterocycles. The van der Waals surface area contributed by atoms with Crippen molar-refractivity contribution < 1.29 is 0 Å². The number of aromatic nitrogens is 2. The van der Waals surface area contributed by atoms with E-state index in [1.54, 1.807) is 0 Å². The maximum absolute atomic E-state index is 4.23. The van der Waals surface area contributed by atoms with Crippen LogP contribution in [0.25, 0.3) is 0 Å². The second kappa shape index (κ2) is 2.63. The average Bonchev–Trinajstić information content (AvgIpc) is 2.35. The molecule has 2 nitrogen and oxygen atoms in total. The molecule has 1 aliphatic rings. The fraction of sp³-hybridized carbons (Fsp3) is 0.625. The van der Waals surface area contributed by atoms with E-state index in [-0.39, 0.29) is 0 Å². The molecular formula is C8H11BrN2. The Morgan fingerprint density at radius 1 is 1.73 bits per heavy atom. The van der Waals surface area contributed by atoms with E-state index in [2.05, 4.69) is 32.4 Å². The zero-order chi connectivity index (χ0) is 7.84. The van der Waals surface area contributed by atoms with E-state index >= 15 is 0 Å². The predicted molar refractivity (Wildman–Crippen MR) is 47.6 cm³/mol. The third-order valence-corrected chi connectivity index (χ3v) is 3.02. The number of halogens is 1. The molecule has 0 aromatic carbocycles. The third kappa shape index (κ3) is 1.11. The van der Waals surface area contributed by atoms with Gasteiger partial charge < -0.3 is 4.57 Å². The second-order valence-electron chi connectivity index (χ2n) is 3.13. The van der Waals surface area contributed by atoms with E-state index in [9.17, 15) is 0 Å². The Bertz CT molecular complexity index is 267. The number of rotatable bonds is 0. The highest BCUT2D eigenvalue weighted by molar-refractivity contribution is 9.10. The lowest BCUT2D eigenvalue weighted by Gasteiger charge is -2.21. The van der Waals surface area contributed by atoms with Crippen molar-refractivity contribution in [2.75, 3.05) is 0 Å². The van der Waals surface area contributed by atoms with E-state index in [4.69, 9.17) is 0 Å². The Morgan fingerprint density at radius 3 is 3.27 bits per heavy atom. The molecule has 0 spiro atoms. The number of hydrogen-bond acceptors (Lipinski definition) is 1. The SMILES string of the molecule is CC1CCCc2c(Br)ncn21. The Balaban J connectivity index is 2.46. The summed E-state index contributed by atoms with van der Waals surface area (Å²) in [5, 5.41) is 0. The van der Waals surface area contributed by atoms with Crippen LogP contribution < -0.4 is 0 Å². The van der Waals surface area contributed by atoms with Gasteiger partial charge in [0, 0.05) is 6.04 Å². The molecule has 0 saturated heterocycles. The van der Waals surface area contributed by atoms with Crippen LogP contribution in [-0.4, -0.2) is 9.55 Å². The first-order valence-electron chi connectivity index (χ1n) is 4.00. The molecule has 0 bridgehead atoms. The molecule has 2 heterocycles. The topological polar surface area (TPSA) is 17.8 Å².